The highest BCUT2D eigenvalue weighted by molar-refractivity contribution is 7.92. The molecule has 2 aromatic carbocycles. The van der Waals surface area contributed by atoms with Crippen molar-refractivity contribution in [2.45, 2.75) is 39.8 Å². The van der Waals surface area contributed by atoms with E-state index in [-0.39, 0.29) is 41.9 Å². The lowest BCUT2D eigenvalue weighted by atomic mass is 10.1. The maximum atomic E-state index is 13.8. The molecule has 2 aromatic rings. The number of nitrogens with zero attached hydrogens (tertiary/aromatic N) is 3. The predicted octanol–water partition coefficient (Wildman–Crippen LogP) is 3.60. The molecular weight excluding hydrogens is 536 g/mol. The van der Waals surface area contributed by atoms with Gasteiger partial charge >= 0.3 is 0 Å². The van der Waals surface area contributed by atoms with Gasteiger partial charge in [0.15, 0.2) is 0 Å². The maximum Gasteiger partial charge on any atom is 0.271 e. The summed E-state index contributed by atoms with van der Waals surface area (Å²) in [6.45, 7) is 5.22. The number of amides is 2. The zero-order valence-electron chi connectivity index (χ0n) is 22.0. The SMILES string of the molecule is CC[C@H](C(=O)NCC(C)C)N(Cc1ccccc1Cl)C(=O)CN(c1cc([N+](=O)[O-])ccc1OC)S(C)(=O)=O. The third-order valence-electron chi connectivity index (χ3n) is 5.69. The minimum absolute atomic E-state index is 0.0215. The van der Waals surface area contributed by atoms with Crippen molar-refractivity contribution in [3.63, 3.8) is 0 Å². The fourth-order valence-electron chi connectivity index (χ4n) is 3.73. The Bertz CT molecular complexity index is 1270. The molecule has 11 nitrogen and oxygen atoms in total. The topological polar surface area (TPSA) is 139 Å². The van der Waals surface area contributed by atoms with Crippen molar-refractivity contribution in [3.8, 4) is 5.75 Å². The van der Waals surface area contributed by atoms with Crippen LogP contribution in [0.15, 0.2) is 42.5 Å². The van der Waals surface area contributed by atoms with Gasteiger partial charge < -0.3 is 15.0 Å². The number of hydrogen-bond donors (Lipinski definition) is 1. The molecule has 0 aliphatic rings. The van der Waals surface area contributed by atoms with E-state index in [0.29, 0.717) is 17.1 Å². The summed E-state index contributed by atoms with van der Waals surface area (Å²) in [5.74, 6) is -0.893. The third-order valence-corrected chi connectivity index (χ3v) is 7.19. The Labute approximate surface area is 227 Å². The maximum absolute atomic E-state index is 13.8. The van der Waals surface area contributed by atoms with Crippen molar-refractivity contribution < 1.29 is 27.7 Å². The van der Waals surface area contributed by atoms with Crippen LogP contribution in [0.2, 0.25) is 5.02 Å². The van der Waals surface area contributed by atoms with E-state index in [1.165, 1.54) is 24.1 Å². The smallest absolute Gasteiger partial charge is 0.271 e. The number of anilines is 1. The van der Waals surface area contributed by atoms with Crippen LogP contribution in [-0.2, 0) is 26.2 Å². The molecule has 38 heavy (non-hydrogen) atoms. The average Bonchev–Trinajstić information content (AvgIpc) is 2.85. The fraction of sp³-hybridized carbons (Fsp3) is 0.440. The first kappa shape index (κ1) is 30.8. The van der Waals surface area contributed by atoms with Crippen LogP contribution >= 0.6 is 11.6 Å². The van der Waals surface area contributed by atoms with Gasteiger partial charge in [-0.2, -0.15) is 0 Å². The first-order valence-corrected chi connectivity index (χ1v) is 14.1. The van der Waals surface area contributed by atoms with Gasteiger partial charge in [0.05, 0.1) is 18.3 Å². The van der Waals surface area contributed by atoms with Crippen molar-refractivity contribution in [1.29, 1.82) is 0 Å². The van der Waals surface area contributed by atoms with Gasteiger partial charge in [-0.25, -0.2) is 8.42 Å². The molecule has 0 aromatic heterocycles. The predicted molar refractivity (Wildman–Crippen MR) is 146 cm³/mol. The second kappa shape index (κ2) is 13.4. The zero-order valence-corrected chi connectivity index (χ0v) is 23.6. The number of sulfonamides is 1. The highest BCUT2D eigenvalue weighted by Crippen LogP contribution is 2.34. The number of halogens is 1. The standard InChI is InChI=1S/C25H33ClN4O7S/c1-6-21(25(32)27-14-17(2)3)28(15-18-9-7-8-10-20(18)26)24(31)16-29(38(5,35)36)22-13-19(30(33)34)11-12-23(22)37-4/h7-13,17,21H,6,14-16H2,1-5H3,(H,27,32)/t21-/m1/s1. The summed E-state index contributed by atoms with van der Waals surface area (Å²) in [5, 5.41) is 14.6. The van der Waals surface area contributed by atoms with Crippen LogP contribution in [0, 0.1) is 16.0 Å². The fourth-order valence-corrected chi connectivity index (χ4v) is 4.77. The van der Waals surface area contributed by atoms with E-state index in [4.69, 9.17) is 16.3 Å². The van der Waals surface area contributed by atoms with Crippen molar-refractivity contribution in [2.24, 2.45) is 5.92 Å². The van der Waals surface area contributed by atoms with E-state index >= 15 is 0 Å². The molecule has 0 aliphatic heterocycles. The number of nitrogens with one attached hydrogen (secondary N) is 1. The lowest BCUT2D eigenvalue weighted by Crippen LogP contribution is -2.52. The van der Waals surface area contributed by atoms with Gasteiger partial charge in [0, 0.05) is 30.2 Å². The summed E-state index contributed by atoms with van der Waals surface area (Å²) in [7, 11) is -2.84. The van der Waals surface area contributed by atoms with E-state index < -0.39 is 33.4 Å². The largest absolute Gasteiger partial charge is 0.495 e. The molecule has 13 heteroatoms. The van der Waals surface area contributed by atoms with Gasteiger partial charge in [-0.1, -0.05) is 50.6 Å². The van der Waals surface area contributed by atoms with Crippen LogP contribution in [0.4, 0.5) is 11.4 Å². The first-order chi connectivity index (χ1) is 17.8. The highest BCUT2D eigenvalue weighted by Gasteiger charge is 2.33. The number of nitro groups is 1. The number of nitro benzene ring substituents is 1. The summed E-state index contributed by atoms with van der Waals surface area (Å²) in [6, 6.07) is 9.34. The second-order valence-electron chi connectivity index (χ2n) is 9.06. The Hall–Kier alpha value is -3.38. The molecule has 0 saturated heterocycles. The molecule has 208 valence electrons. The number of hydrogen-bond acceptors (Lipinski definition) is 7. The number of non-ortho nitro benzene ring substituents is 1. The Kier molecular flexibility index (Phi) is 10.9. The van der Waals surface area contributed by atoms with Crippen molar-refractivity contribution in [2.75, 3.05) is 30.8 Å². The summed E-state index contributed by atoms with van der Waals surface area (Å²) in [6.07, 6.45) is 1.13. The van der Waals surface area contributed by atoms with Crippen LogP contribution in [-0.4, -0.2) is 62.6 Å². The van der Waals surface area contributed by atoms with Gasteiger partial charge in [0.25, 0.3) is 5.69 Å². The molecule has 0 spiro atoms. The molecule has 0 saturated carbocycles. The van der Waals surface area contributed by atoms with Gasteiger partial charge in [-0.15, -0.1) is 0 Å². The molecule has 1 atom stereocenters. The summed E-state index contributed by atoms with van der Waals surface area (Å²) in [4.78, 5) is 38.8. The monoisotopic (exact) mass is 568 g/mol. The molecule has 0 bridgehead atoms. The van der Waals surface area contributed by atoms with Gasteiger partial charge in [0.2, 0.25) is 21.8 Å². The van der Waals surface area contributed by atoms with Crippen molar-refractivity contribution in [3.05, 3.63) is 63.2 Å². The Morgan fingerprint density at radius 1 is 1.18 bits per heavy atom. The van der Waals surface area contributed by atoms with Gasteiger partial charge in [-0.3, -0.25) is 24.0 Å². The highest BCUT2D eigenvalue weighted by atomic mass is 35.5. The Morgan fingerprint density at radius 3 is 2.37 bits per heavy atom. The summed E-state index contributed by atoms with van der Waals surface area (Å²) in [5.41, 5.74) is 0.0123. The molecule has 0 fully saturated rings. The van der Waals surface area contributed by atoms with E-state index in [9.17, 15) is 28.1 Å². The van der Waals surface area contributed by atoms with Crippen molar-refractivity contribution in [1.82, 2.24) is 10.2 Å². The molecule has 0 heterocycles. The van der Waals surface area contributed by atoms with E-state index in [2.05, 4.69) is 5.32 Å². The first-order valence-electron chi connectivity index (χ1n) is 11.9. The summed E-state index contributed by atoms with van der Waals surface area (Å²) < 4.78 is 31.6. The molecule has 1 N–H and O–H groups in total. The van der Waals surface area contributed by atoms with E-state index in [0.717, 1.165) is 16.6 Å². The van der Waals surface area contributed by atoms with Crippen LogP contribution < -0.4 is 14.4 Å². The number of benzene rings is 2. The molecular formula is C25H33ClN4O7S. The van der Waals surface area contributed by atoms with Crippen LogP contribution in [0.5, 0.6) is 5.75 Å². The van der Waals surface area contributed by atoms with Crippen LogP contribution in [0.25, 0.3) is 0 Å². The number of methoxy groups -OCH3 is 1. The molecule has 0 radical (unpaired) electrons. The number of carbonyl (C=O) groups is 2. The third kappa shape index (κ3) is 8.06. The van der Waals surface area contributed by atoms with Gasteiger partial charge in [0.1, 0.15) is 24.0 Å². The summed E-state index contributed by atoms with van der Waals surface area (Å²) >= 11 is 6.34. The lowest BCUT2D eigenvalue weighted by molar-refractivity contribution is -0.384. The number of carbonyl (C=O) groups excluding carboxylic acids is 2. The molecule has 0 aliphatic carbocycles. The van der Waals surface area contributed by atoms with Crippen molar-refractivity contribution >= 4 is 44.8 Å². The molecule has 2 amide bonds. The molecule has 2 rings (SSSR count). The number of rotatable bonds is 13. The Morgan fingerprint density at radius 2 is 1.84 bits per heavy atom. The number of ether oxygens (including phenoxy) is 1. The van der Waals surface area contributed by atoms with Crippen LogP contribution in [0.3, 0.4) is 0 Å². The Balaban J connectivity index is 2.56. The zero-order chi connectivity index (χ0) is 28.6. The normalized spacial score (nSPS) is 12.1. The molecule has 0 unspecified atom stereocenters. The lowest BCUT2D eigenvalue weighted by Gasteiger charge is -2.33. The van der Waals surface area contributed by atoms with E-state index in [1.807, 2.05) is 13.8 Å². The minimum Gasteiger partial charge on any atom is -0.495 e. The second-order valence-corrected chi connectivity index (χ2v) is 11.4. The quantitative estimate of drug-likeness (QED) is 0.287. The minimum atomic E-state index is -4.12. The van der Waals surface area contributed by atoms with Gasteiger partial charge in [-0.05, 0) is 30.0 Å². The van der Waals surface area contributed by atoms with E-state index in [1.54, 1.807) is 31.2 Å². The average molecular weight is 569 g/mol. The van der Waals surface area contributed by atoms with Crippen LogP contribution in [0.1, 0.15) is 32.8 Å².